The highest BCUT2D eigenvalue weighted by molar-refractivity contribution is 7.80. The summed E-state index contributed by atoms with van der Waals surface area (Å²) in [5.41, 5.74) is 11.0. The topological polar surface area (TPSA) is 103 Å². The maximum absolute atomic E-state index is 12.8. The van der Waals surface area contributed by atoms with Crippen LogP contribution in [0.4, 0.5) is 0 Å². The fourth-order valence-corrected chi connectivity index (χ4v) is 3.45. The molecule has 0 atom stereocenters. The predicted octanol–water partition coefficient (Wildman–Crippen LogP) is 3.23. The van der Waals surface area contributed by atoms with Gasteiger partial charge in [0.15, 0.2) is 10.9 Å². The fraction of sp³-hybridized carbons (Fsp3) is 0.200. The summed E-state index contributed by atoms with van der Waals surface area (Å²) in [5.74, 6) is 0.714. The zero-order chi connectivity index (χ0) is 19.7. The molecule has 3 aromatic rings. The molecule has 8 heteroatoms. The number of ether oxygens (including phenoxy) is 1. The van der Waals surface area contributed by atoms with Crippen molar-refractivity contribution in [2.24, 2.45) is 10.8 Å². The van der Waals surface area contributed by atoms with Gasteiger partial charge in [0.05, 0.1) is 5.71 Å². The lowest BCUT2D eigenvalue weighted by atomic mass is 9.93. The van der Waals surface area contributed by atoms with Crippen LogP contribution < -0.4 is 15.9 Å². The summed E-state index contributed by atoms with van der Waals surface area (Å²) in [7, 11) is 0. The molecule has 1 aliphatic carbocycles. The molecule has 0 unspecified atom stereocenters. The third kappa shape index (κ3) is 3.34. The van der Waals surface area contributed by atoms with E-state index in [4.69, 9.17) is 27.1 Å². The maximum atomic E-state index is 12.8. The molecule has 0 bridgehead atoms. The minimum Gasteiger partial charge on any atom is -0.453 e. The standard InChI is InChI=1S/C20H18N4O3S/c1-11-16-13(23-24-20(21)28)7-3-8-14(16)26-18(11)19(25)27-15-9-2-5-12-6-4-10-22-17(12)15/h2,4-6,9-10H,3,7-8H2,1H3,(H3,21,24,28)/b23-13+. The number of esters is 1. The largest absolute Gasteiger partial charge is 0.453 e. The van der Waals surface area contributed by atoms with E-state index in [1.54, 1.807) is 12.3 Å². The Balaban J connectivity index is 1.67. The number of aromatic nitrogens is 1. The van der Waals surface area contributed by atoms with E-state index in [-0.39, 0.29) is 10.9 Å². The Kier molecular flexibility index (Phi) is 4.79. The molecule has 142 valence electrons. The number of rotatable bonds is 3. The normalized spacial score (nSPS) is 14.7. The van der Waals surface area contributed by atoms with Crippen LogP contribution in [-0.2, 0) is 6.42 Å². The number of thiocarbonyl (C=S) groups is 1. The Morgan fingerprint density at radius 1 is 1.32 bits per heavy atom. The van der Waals surface area contributed by atoms with Crippen molar-refractivity contribution in [3.05, 3.63) is 59.2 Å². The zero-order valence-electron chi connectivity index (χ0n) is 15.2. The minimum absolute atomic E-state index is 0.0869. The van der Waals surface area contributed by atoms with Crippen LogP contribution >= 0.6 is 12.2 Å². The number of carbonyl (C=O) groups excluding carboxylic acids is 1. The van der Waals surface area contributed by atoms with Crippen molar-refractivity contribution >= 4 is 39.9 Å². The number of hydrogen-bond acceptors (Lipinski definition) is 6. The van der Waals surface area contributed by atoms with Gasteiger partial charge in [-0.25, -0.2) is 4.79 Å². The van der Waals surface area contributed by atoms with Gasteiger partial charge in [0, 0.05) is 29.1 Å². The van der Waals surface area contributed by atoms with Crippen molar-refractivity contribution in [2.75, 3.05) is 0 Å². The molecule has 0 spiro atoms. The van der Waals surface area contributed by atoms with Crippen molar-refractivity contribution in [1.29, 1.82) is 0 Å². The first kappa shape index (κ1) is 18.1. The number of hydrogen-bond donors (Lipinski definition) is 2. The second kappa shape index (κ2) is 7.40. The number of benzene rings is 1. The zero-order valence-corrected chi connectivity index (χ0v) is 16.0. The summed E-state index contributed by atoms with van der Waals surface area (Å²) in [6, 6.07) is 9.19. The molecule has 1 aliphatic rings. The smallest absolute Gasteiger partial charge is 0.380 e. The molecule has 3 N–H and O–H groups in total. The van der Waals surface area contributed by atoms with Crippen molar-refractivity contribution in [3.63, 3.8) is 0 Å². The molecule has 7 nitrogen and oxygen atoms in total. The van der Waals surface area contributed by atoms with E-state index in [1.165, 1.54) is 0 Å². The van der Waals surface area contributed by atoms with Gasteiger partial charge < -0.3 is 14.9 Å². The Hall–Kier alpha value is -3.26. The number of nitrogens with two attached hydrogens (primary N) is 1. The summed E-state index contributed by atoms with van der Waals surface area (Å²) in [6.45, 7) is 1.82. The Bertz CT molecular complexity index is 1110. The lowest BCUT2D eigenvalue weighted by Gasteiger charge is -2.13. The first-order chi connectivity index (χ1) is 13.5. The summed E-state index contributed by atoms with van der Waals surface area (Å²) >= 11 is 4.81. The third-order valence-corrected chi connectivity index (χ3v) is 4.70. The molecule has 0 radical (unpaired) electrons. The second-order valence-corrected chi connectivity index (χ2v) is 6.90. The number of furan rings is 1. The Morgan fingerprint density at radius 2 is 2.14 bits per heavy atom. The van der Waals surface area contributed by atoms with E-state index in [2.05, 4.69) is 15.5 Å². The van der Waals surface area contributed by atoms with Gasteiger partial charge in [-0.15, -0.1) is 0 Å². The highest BCUT2D eigenvalue weighted by atomic mass is 32.1. The number of carbonyl (C=O) groups is 1. The van der Waals surface area contributed by atoms with Crippen LogP contribution in [0.1, 0.15) is 40.3 Å². The van der Waals surface area contributed by atoms with E-state index in [9.17, 15) is 4.79 Å². The van der Waals surface area contributed by atoms with Crippen LogP contribution in [0.25, 0.3) is 10.9 Å². The highest BCUT2D eigenvalue weighted by Gasteiger charge is 2.29. The number of hydrazone groups is 1. The van der Waals surface area contributed by atoms with Gasteiger partial charge in [0.2, 0.25) is 5.76 Å². The summed E-state index contributed by atoms with van der Waals surface area (Å²) in [5, 5.41) is 5.24. The molecule has 28 heavy (non-hydrogen) atoms. The van der Waals surface area contributed by atoms with Crippen LogP contribution in [0.5, 0.6) is 5.75 Å². The van der Waals surface area contributed by atoms with Crippen molar-refractivity contribution in [3.8, 4) is 5.75 Å². The molecule has 2 aromatic heterocycles. The van der Waals surface area contributed by atoms with Gasteiger partial charge in [0.25, 0.3) is 0 Å². The van der Waals surface area contributed by atoms with Crippen LogP contribution in [-0.4, -0.2) is 21.8 Å². The van der Waals surface area contributed by atoms with Crippen LogP contribution in [0, 0.1) is 6.92 Å². The summed E-state index contributed by atoms with van der Waals surface area (Å²) < 4.78 is 11.5. The predicted molar refractivity (Wildman–Crippen MR) is 110 cm³/mol. The molecule has 0 fully saturated rings. The van der Waals surface area contributed by atoms with Gasteiger partial charge in [-0.1, -0.05) is 18.2 Å². The quantitative estimate of drug-likeness (QED) is 0.304. The number of pyridine rings is 1. The fourth-order valence-electron chi connectivity index (χ4n) is 3.40. The van der Waals surface area contributed by atoms with Gasteiger partial charge >= 0.3 is 5.97 Å². The van der Waals surface area contributed by atoms with Crippen LogP contribution in [0.3, 0.4) is 0 Å². The molecule has 4 rings (SSSR count). The van der Waals surface area contributed by atoms with E-state index in [0.29, 0.717) is 16.8 Å². The Labute approximate surface area is 166 Å². The minimum atomic E-state index is -0.563. The Morgan fingerprint density at radius 3 is 2.96 bits per heavy atom. The lowest BCUT2D eigenvalue weighted by Crippen LogP contribution is -2.26. The van der Waals surface area contributed by atoms with Gasteiger partial charge in [-0.3, -0.25) is 10.4 Å². The maximum Gasteiger partial charge on any atom is 0.380 e. The molecule has 0 aliphatic heterocycles. The first-order valence-electron chi connectivity index (χ1n) is 8.85. The average molecular weight is 394 g/mol. The first-order valence-corrected chi connectivity index (χ1v) is 9.26. The molecular weight excluding hydrogens is 376 g/mol. The van der Waals surface area contributed by atoms with Crippen molar-refractivity contribution in [2.45, 2.75) is 26.2 Å². The van der Waals surface area contributed by atoms with Crippen LogP contribution in [0.15, 0.2) is 46.0 Å². The highest BCUT2D eigenvalue weighted by Crippen LogP contribution is 2.31. The van der Waals surface area contributed by atoms with Gasteiger partial charge in [-0.2, -0.15) is 5.10 Å². The van der Waals surface area contributed by atoms with Gasteiger partial charge in [0.1, 0.15) is 11.3 Å². The van der Waals surface area contributed by atoms with Crippen molar-refractivity contribution in [1.82, 2.24) is 10.4 Å². The molecular formula is C20H18N4O3S. The van der Waals surface area contributed by atoms with Crippen molar-refractivity contribution < 1.29 is 13.9 Å². The molecule has 0 saturated heterocycles. The van der Waals surface area contributed by atoms with E-state index >= 15 is 0 Å². The average Bonchev–Trinajstić information content (AvgIpc) is 3.04. The number of aryl methyl sites for hydroxylation is 1. The number of nitrogens with zero attached hydrogens (tertiary/aromatic N) is 2. The van der Waals surface area contributed by atoms with Crippen LogP contribution in [0.2, 0.25) is 0 Å². The number of nitrogens with one attached hydrogen (secondary N) is 1. The molecule has 0 saturated carbocycles. The molecule has 0 amide bonds. The van der Waals surface area contributed by atoms with Gasteiger partial charge in [-0.05, 0) is 44.1 Å². The monoisotopic (exact) mass is 394 g/mol. The summed E-state index contributed by atoms with van der Waals surface area (Å²) in [4.78, 5) is 17.1. The SMILES string of the molecule is Cc1c(C(=O)Oc2cccc3cccnc23)oc2c1/C(=N/NC(N)=S)CCC2. The molecule has 2 heterocycles. The molecule has 1 aromatic carbocycles. The second-order valence-electron chi connectivity index (χ2n) is 6.46. The van der Waals surface area contributed by atoms with E-state index in [0.717, 1.165) is 41.7 Å². The summed E-state index contributed by atoms with van der Waals surface area (Å²) in [6.07, 6.45) is 3.99. The lowest BCUT2D eigenvalue weighted by molar-refractivity contribution is 0.0700. The van der Waals surface area contributed by atoms with E-state index in [1.807, 2.05) is 31.2 Å². The van der Waals surface area contributed by atoms with E-state index < -0.39 is 5.97 Å². The number of para-hydroxylation sites is 1. The number of fused-ring (bicyclic) bond motifs is 2. The third-order valence-electron chi connectivity index (χ3n) is 4.61.